The lowest BCUT2D eigenvalue weighted by Crippen LogP contribution is -2.37. The number of aliphatic hydroxyl groups is 1. The number of hydrogen-bond acceptors (Lipinski definition) is 4. The molecule has 2 aliphatic rings. The van der Waals surface area contributed by atoms with Crippen LogP contribution in [-0.2, 0) is 0 Å². The number of likely N-dealkylation sites (tertiary alicyclic amines) is 1. The van der Waals surface area contributed by atoms with Crippen LogP contribution in [0.25, 0.3) is 0 Å². The van der Waals surface area contributed by atoms with Gasteiger partial charge in [0.1, 0.15) is 0 Å². The number of hydrogen-bond donors (Lipinski definition) is 1. The summed E-state index contributed by atoms with van der Waals surface area (Å²) in [5.74, 6) is 1.09. The molecule has 3 rings (SSSR count). The third kappa shape index (κ3) is 2.14. The van der Waals surface area contributed by atoms with Crippen LogP contribution in [0.5, 0.6) is 0 Å². The van der Waals surface area contributed by atoms with Crippen LogP contribution < -0.4 is 0 Å². The summed E-state index contributed by atoms with van der Waals surface area (Å²) in [6.07, 6.45) is 4.41. The van der Waals surface area contributed by atoms with Crippen LogP contribution in [0.3, 0.4) is 0 Å². The van der Waals surface area contributed by atoms with Crippen LogP contribution in [0.2, 0.25) is 0 Å². The Balaban J connectivity index is 1.77. The normalized spacial score (nSPS) is 26.5. The third-order valence-electron chi connectivity index (χ3n) is 4.97. The minimum absolute atomic E-state index is 0.0691. The highest BCUT2D eigenvalue weighted by atomic mass is 16.3. The third-order valence-corrected chi connectivity index (χ3v) is 4.97. The van der Waals surface area contributed by atoms with Gasteiger partial charge in [0, 0.05) is 24.4 Å². The van der Waals surface area contributed by atoms with Gasteiger partial charge >= 0.3 is 0 Å². The van der Waals surface area contributed by atoms with E-state index in [1.54, 1.807) is 0 Å². The number of rotatable bonds is 4. The van der Waals surface area contributed by atoms with Crippen molar-refractivity contribution < 1.29 is 14.3 Å². The average molecular weight is 278 g/mol. The Morgan fingerprint density at radius 3 is 2.90 bits per heavy atom. The first kappa shape index (κ1) is 13.6. The lowest BCUT2D eigenvalue weighted by atomic mass is 9.77. The smallest absolute Gasteiger partial charge is 0.291 e. The summed E-state index contributed by atoms with van der Waals surface area (Å²) in [7, 11) is 0. The molecule has 1 saturated carbocycles. The molecular weight excluding hydrogens is 256 g/mol. The van der Waals surface area contributed by atoms with E-state index in [4.69, 9.17) is 4.42 Å². The maximum absolute atomic E-state index is 12.6. The van der Waals surface area contributed by atoms with E-state index in [1.807, 2.05) is 4.90 Å². The van der Waals surface area contributed by atoms with Gasteiger partial charge in [-0.3, -0.25) is 4.79 Å². The molecule has 1 aliphatic carbocycles. The van der Waals surface area contributed by atoms with Crippen LogP contribution in [-0.4, -0.2) is 40.6 Å². The first-order chi connectivity index (χ1) is 9.57. The molecular formula is C15H22N2O3. The van der Waals surface area contributed by atoms with Crippen molar-refractivity contribution in [1.29, 1.82) is 0 Å². The number of nitrogens with zero attached hydrogens (tertiary/aromatic N) is 2. The van der Waals surface area contributed by atoms with E-state index in [0.717, 1.165) is 25.0 Å². The molecule has 110 valence electrons. The van der Waals surface area contributed by atoms with Crippen molar-refractivity contribution in [1.82, 2.24) is 9.88 Å². The second-order valence-corrected chi connectivity index (χ2v) is 6.49. The standard InChI is InChI=1S/C15H22N2O3/c1-10(2)15(8-18)5-6-17(7-15)14(19)13-12(11-3-4-11)16-9-20-13/h9-11,18H,3-8H2,1-2H3. The van der Waals surface area contributed by atoms with Crippen LogP contribution in [0.1, 0.15) is 55.3 Å². The molecule has 0 aromatic carbocycles. The van der Waals surface area contributed by atoms with Gasteiger partial charge in [-0.15, -0.1) is 0 Å². The maximum Gasteiger partial charge on any atom is 0.291 e. The average Bonchev–Trinajstić information content (AvgIpc) is 3.02. The zero-order chi connectivity index (χ0) is 14.3. The summed E-state index contributed by atoms with van der Waals surface area (Å²) >= 11 is 0. The highest BCUT2D eigenvalue weighted by Crippen LogP contribution is 2.42. The van der Waals surface area contributed by atoms with Gasteiger partial charge < -0.3 is 14.4 Å². The summed E-state index contributed by atoms with van der Waals surface area (Å²) in [6, 6.07) is 0. The zero-order valence-corrected chi connectivity index (χ0v) is 12.1. The molecule has 1 unspecified atom stereocenters. The molecule has 1 aromatic heterocycles. The number of aliphatic hydroxyl groups excluding tert-OH is 1. The molecule has 0 bridgehead atoms. The van der Waals surface area contributed by atoms with Crippen LogP contribution in [0.15, 0.2) is 10.8 Å². The largest absolute Gasteiger partial charge is 0.438 e. The monoisotopic (exact) mass is 278 g/mol. The molecule has 1 N–H and O–H groups in total. The molecule has 1 aliphatic heterocycles. The number of carbonyl (C=O) groups excluding carboxylic acids is 1. The SMILES string of the molecule is CC(C)C1(CO)CCN(C(=O)c2ocnc2C2CC2)C1. The summed E-state index contributed by atoms with van der Waals surface area (Å²) in [5.41, 5.74) is 0.649. The highest BCUT2D eigenvalue weighted by Gasteiger charge is 2.43. The van der Waals surface area contributed by atoms with Crippen molar-refractivity contribution in [3.8, 4) is 0 Å². The summed E-state index contributed by atoms with van der Waals surface area (Å²) in [5, 5.41) is 9.70. The predicted octanol–water partition coefficient (Wildman–Crippen LogP) is 2.03. The number of carbonyl (C=O) groups is 1. The minimum atomic E-state index is -0.171. The van der Waals surface area contributed by atoms with E-state index in [2.05, 4.69) is 18.8 Å². The molecule has 20 heavy (non-hydrogen) atoms. The lowest BCUT2D eigenvalue weighted by molar-refractivity contribution is 0.0626. The Labute approximate surface area is 119 Å². The van der Waals surface area contributed by atoms with Gasteiger partial charge in [-0.05, 0) is 25.2 Å². The van der Waals surface area contributed by atoms with E-state index in [1.165, 1.54) is 6.39 Å². The molecule has 1 saturated heterocycles. The Morgan fingerprint density at radius 1 is 1.60 bits per heavy atom. The number of aromatic nitrogens is 1. The Hall–Kier alpha value is -1.36. The number of oxazole rings is 1. The van der Waals surface area contributed by atoms with Gasteiger partial charge in [0.15, 0.2) is 6.39 Å². The van der Waals surface area contributed by atoms with Gasteiger partial charge in [-0.2, -0.15) is 0 Å². The van der Waals surface area contributed by atoms with E-state index >= 15 is 0 Å². The lowest BCUT2D eigenvalue weighted by Gasteiger charge is -2.31. The van der Waals surface area contributed by atoms with Crippen molar-refractivity contribution in [3.05, 3.63) is 17.8 Å². The summed E-state index contributed by atoms with van der Waals surface area (Å²) in [4.78, 5) is 18.6. The van der Waals surface area contributed by atoms with Crippen LogP contribution in [0.4, 0.5) is 0 Å². The second kappa shape index (κ2) is 4.88. The molecule has 2 heterocycles. The van der Waals surface area contributed by atoms with Gasteiger partial charge in [-0.1, -0.05) is 13.8 Å². The fraction of sp³-hybridized carbons (Fsp3) is 0.733. The molecule has 0 radical (unpaired) electrons. The molecule has 1 aromatic rings. The molecule has 0 spiro atoms. The van der Waals surface area contributed by atoms with E-state index in [0.29, 0.717) is 30.7 Å². The molecule has 2 fully saturated rings. The number of amides is 1. The molecule has 1 atom stereocenters. The quantitative estimate of drug-likeness (QED) is 0.915. The molecule has 5 heteroatoms. The second-order valence-electron chi connectivity index (χ2n) is 6.49. The van der Waals surface area contributed by atoms with Gasteiger partial charge in [-0.25, -0.2) is 4.98 Å². The molecule has 1 amide bonds. The first-order valence-corrected chi connectivity index (χ1v) is 7.41. The van der Waals surface area contributed by atoms with E-state index < -0.39 is 0 Å². The van der Waals surface area contributed by atoms with Crippen molar-refractivity contribution >= 4 is 5.91 Å². The Bertz CT molecular complexity index is 507. The highest BCUT2D eigenvalue weighted by molar-refractivity contribution is 5.93. The van der Waals surface area contributed by atoms with E-state index in [9.17, 15) is 9.90 Å². The predicted molar refractivity (Wildman–Crippen MR) is 73.4 cm³/mol. The van der Waals surface area contributed by atoms with Gasteiger partial charge in [0.05, 0.1) is 12.3 Å². The van der Waals surface area contributed by atoms with Crippen molar-refractivity contribution in [2.24, 2.45) is 11.3 Å². The zero-order valence-electron chi connectivity index (χ0n) is 12.1. The summed E-state index contributed by atoms with van der Waals surface area (Å²) in [6.45, 7) is 5.62. The minimum Gasteiger partial charge on any atom is -0.438 e. The Kier molecular flexibility index (Phi) is 3.32. The maximum atomic E-state index is 12.6. The molecule has 5 nitrogen and oxygen atoms in total. The van der Waals surface area contributed by atoms with E-state index in [-0.39, 0.29) is 17.9 Å². The Morgan fingerprint density at radius 2 is 2.35 bits per heavy atom. The van der Waals surface area contributed by atoms with Gasteiger partial charge in [0.25, 0.3) is 5.91 Å². The van der Waals surface area contributed by atoms with Crippen molar-refractivity contribution in [3.63, 3.8) is 0 Å². The topological polar surface area (TPSA) is 66.6 Å². The van der Waals surface area contributed by atoms with Crippen LogP contribution in [0, 0.1) is 11.3 Å². The summed E-state index contributed by atoms with van der Waals surface area (Å²) < 4.78 is 5.34. The van der Waals surface area contributed by atoms with Crippen molar-refractivity contribution in [2.75, 3.05) is 19.7 Å². The first-order valence-electron chi connectivity index (χ1n) is 7.41. The fourth-order valence-electron chi connectivity index (χ4n) is 3.06. The van der Waals surface area contributed by atoms with Gasteiger partial charge in [0.2, 0.25) is 5.76 Å². The fourth-order valence-corrected chi connectivity index (χ4v) is 3.06. The van der Waals surface area contributed by atoms with Crippen LogP contribution >= 0.6 is 0 Å². The van der Waals surface area contributed by atoms with Crippen molar-refractivity contribution in [2.45, 2.75) is 39.0 Å².